The molecule has 0 aromatic heterocycles. The lowest BCUT2D eigenvalue weighted by Crippen LogP contribution is -2.50. The third-order valence-electron chi connectivity index (χ3n) is 4.77. The van der Waals surface area contributed by atoms with Crippen LogP contribution < -0.4 is 4.74 Å². The van der Waals surface area contributed by atoms with E-state index in [0.29, 0.717) is 11.8 Å². The lowest BCUT2D eigenvalue weighted by molar-refractivity contribution is -0.140. The largest absolute Gasteiger partial charge is 0.496 e. The number of hydrogen-bond acceptors (Lipinski definition) is 3. The second-order valence-corrected chi connectivity index (χ2v) is 6.62. The fraction of sp³-hybridized carbons (Fsp3) is 0.588. The van der Waals surface area contributed by atoms with Gasteiger partial charge in [0.05, 0.1) is 7.11 Å². The zero-order valence-corrected chi connectivity index (χ0v) is 13.8. The maximum atomic E-state index is 12.3. The van der Waals surface area contributed by atoms with Crippen LogP contribution in [0.15, 0.2) is 18.2 Å². The number of halogens is 1. The van der Waals surface area contributed by atoms with Crippen molar-refractivity contribution in [2.24, 2.45) is 5.92 Å². The van der Waals surface area contributed by atoms with E-state index in [2.05, 4.69) is 4.90 Å². The number of ether oxygens (including phenoxy) is 1. The van der Waals surface area contributed by atoms with Crippen molar-refractivity contribution in [3.05, 3.63) is 28.8 Å². The molecule has 1 amide bonds. The highest BCUT2D eigenvalue weighted by Crippen LogP contribution is 2.29. The van der Waals surface area contributed by atoms with Crippen molar-refractivity contribution in [2.75, 3.05) is 33.3 Å². The number of methoxy groups -OCH3 is 1. The Balaban J connectivity index is 1.55. The predicted octanol–water partition coefficient (Wildman–Crippen LogP) is 2.79. The van der Waals surface area contributed by atoms with Gasteiger partial charge in [-0.15, -0.1) is 0 Å². The Morgan fingerprint density at radius 3 is 2.59 bits per heavy atom. The Kier molecular flexibility index (Phi) is 4.89. The molecule has 2 aliphatic rings. The molecule has 0 radical (unpaired) electrons. The van der Waals surface area contributed by atoms with Crippen molar-refractivity contribution in [3.63, 3.8) is 0 Å². The number of piperazine rings is 1. The van der Waals surface area contributed by atoms with Crippen LogP contribution in [0.5, 0.6) is 5.75 Å². The van der Waals surface area contributed by atoms with E-state index in [1.54, 1.807) is 7.11 Å². The average Bonchev–Trinajstić information content (AvgIpc) is 2.46. The summed E-state index contributed by atoms with van der Waals surface area (Å²) in [6.07, 6.45) is 3.38. The van der Waals surface area contributed by atoms with Gasteiger partial charge in [-0.25, -0.2) is 0 Å². The standard InChI is InChI=1S/C17H23ClN2O2/c1-22-16-6-5-15(18)11-14(16)12-19-7-9-20(10-8-19)17(21)13-3-2-4-13/h5-6,11,13H,2-4,7-10,12H2,1H3. The molecule has 2 fully saturated rings. The van der Waals surface area contributed by atoms with E-state index in [4.69, 9.17) is 16.3 Å². The van der Waals surface area contributed by atoms with Crippen LogP contribution in [0.25, 0.3) is 0 Å². The molecule has 1 saturated heterocycles. The van der Waals surface area contributed by atoms with E-state index in [1.807, 2.05) is 23.1 Å². The zero-order valence-electron chi connectivity index (χ0n) is 13.1. The maximum absolute atomic E-state index is 12.3. The van der Waals surface area contributed by atoms with E-state index in [9.17, 15) is 4.79 Å². The normalized spacial score (nSPS) is 19.8. The number of carbonyl (C=O) groups is 1. The lowest BCUT2D eigenvalue weighted by Gasteiger charge is -2.38. The van der Waals surface area contributed by atoms with Gasteiger partial charge in [0.15, 0.2) is 0 Å². The third-order valence-corrected chi connectivity index (χ3v) is 5.01. The number of hydrogen-bond donors (Lipinski definition) is 0. The zero-order chi connectivity index (χ0) is 15.5. The Morgan fingerprint density at radius 2 is 2.00 bits per heavy atom. The second kappa shape index (κ2) is 6.88. The number of amides is 1. The molecule has 1 aromatic rings. The first-order valence-electron chi connectivity index (χ1n) is 8.01. The number of rotatable bonds is 4. The quantitative estimate of drug-likeness (QED) is 0.854. The van der Waals surface area contributed by atoms with E-state index < -0.39 is 0 Å². The molecule has 120 valence electrons. The summed E-state index contributed by atoms with van der Waals surface area (Å²) in [5.74, 6) is 1.54. The van der Waals surface area contributed by atoms with Crippen LogP contribution in [-0.4, -0.2) is 49.0 Å². The number of benzene rings is 1. The molecular formula is C17H23ClN2O2. The van der Waals surface area contributed by atoms with Crippen LogP contribution in [0.4, 0.5) is 0 Å². The van der Waals surface area contributed by atoms with Crippen LogP contribution in [-0.2, 0) is 11.3 Å². The first kappa shape index (κ1) is 15.6. The van der Waals surface area contributed by atoms with Gasteiger partial charge >= 0.3 is 0 Å². The van der Waals surface area contributed by atoms with Gasteiger partial charge in [0.1, 0.15) is 5.75 Å². The number of carbonyl (C=O) groups excluding carboxylic acids is 1. The minimum absolute atomic E-state index is 0.305. The summed E-state index contributed by atoms with van der Waals surface area (Å²) in [6.45, 7) is 4.30. The van der Waals surface area contributed by atoms with Crippen molar-refractivity contribution >= 4 is 17.5 Å². The molecule has 5 heteroatoms. The summed E-state index contributed by atoms with van der Waals surface area (Å²) in [5, 5.41) is 0.731. The van der Waals surface area contributed by atoms with Crippen LogP contribution >= 0.6 is 11.6 Å². The Bertz CT molecular complexity index is 537. The summed E-state index contributed by atoms with van der Waals surface area (Å²) in [4.78, 5) is 16.7. The SMILES string of the molecule is COc1ccc(Cl)cc1CN1CCN(C(=O)C2CCC2)CC1. The van der Waals surface area contributed by atoms with E-state index in [1.165, 1.54) is 6.42 Å². The molecule has 1 aromatic carbocycles. The minimum Gasteiger partial charge on any atom is -0.496 e. The highest BCUT2D eigenvalue weighted by molar-refractivity contribution is 6.30. The molecule has 1 saturated carbocycles. The van der Waals surface area contributed by atoms with Crippen LogP contribution in [0.1, 0.15) is 24.8 Å². The van der Waals surface area contributed by atoms with Gasteiger partial charge in [0.25, 0.3) is 0 Å². The summed E-state index contributed by atoms with van der Waals surface area (Å²) in [6, 6.07) is 5.72. The molecule has 3 rings (SSSR count). The van der Waals surface area contributed by atoms with Crippen LogP contribution in [0, 0.1) is 5.92 Å². The molecular weight excluding hydrogens is 300 g/mol. The monoisotopic (exact) mass is 322 g/mol. The van der Waals surface area contributed by atoms with Gasteiger partial charge in [-0.3, -0.25) is 9.69 Å². The van der Waals surface area contributed by atoms with Crippen molar-refractivity contribution in [1.29, 1.82) is 0 Å². The fourth-order valence-electron chi connectivity index (χ4n) is 3.15. The summed E-state index contributed by atoms with van der Waals surface area (Å²) in [5.41, 5.74) is 1.11. The number of nitrogens with zero attached hydrogens (tertiary/aromatic N) is 2. The van der Waals surface area contributed by atoms with Crippen molar-refractivity contribution < 1.29 is 9.53 Å². The highest BCUT2D eigenvalue weighted by Gasteiger charge is 2.31. The summed E-state index contributed by atoms with van der Waals surface area (Å²) in [7, 11) is 1.68. The van der Waals surface area contributed by atoms with E-state index >= 15 is 0 Å². The van der Waals surface area contributed by atoms with Gasteiger partial charge in [-0.2, -0.15) is 0 Å². The van der Waals surface area contributed by atoms with Crippen LogP contribution in [0.3, 0.4) is 0 Å². The lowest BCUT2D eigenvalue weighted by atomic mass is 9.84. The molecule has 1 aliphatic carbocycles. The van der Waals surface area contributed by atoms with Gasteiger partial charge in [0, 0.05) is 49.2 Å². The van der Waals surface area contributed by atoms with Crippen molar-refractivity contribution in [3.8, 4) is 5.75 Å². The molecule has 4 nitrogen and oxygen atoms in total. The molecule has 0 spiro atoms. The minimum atomic E-state index is 0.305. The highest BCUT2D eigenvalue weighted by atomic mass is 35.5. The molecule has 0 atom stereocenters. The fourth-order valence-corrected chi connectivity index (χ4v) is 3.35. The van der Waals surface area contributed by atoms with E-state index in [0.717, 1.165) is 61.9 Å². The van der Waals surface area contributed by atoms with Crippen LogP contribution in [0.2, 0.25) is 5.02 Å². The summed E-state index contributed by atoms with van der Waals surface area (Å²) < 4.78 is 5.40. The predicted molar refractivity (Wildman–Crippen MR) is 87.2 cm³/mol. The molecule has 22 heavy (non-hydrogen) atoms. The van der Waals surface area contributed by atoms with E-state index in [-0.39, 0.29) is 0 Å². The maximum Gasteiger partial charge on any atom is 0.225 e. The Morgan fingerprint density at radius 1 is 1.27 bits per heavy atom. The van der Waals surface area contributed by atoms with Gasteiger partial charge in [-0.1, -0.05) is 18.0 Å². The molecule has 1 aliphatic heterocycles. The third kappa shape index (κ3) is 3.39. The average molecular weight is 323 g/mol. The molecule has 0 N–H and O–H groups in total. The van der Waals surface area contributed by atoms with Gasteiger partial charge < -0.3 is 9.64 Å². The Hall–Kier alpha value is -1.26. The Labute approximate surface area is 137 Å². The first-order valence-corrected chi connectivity index (χ1v) is 8.38. The molecule has 0 unspecified atom stereocenters. The molecule has 1 heterocycles. The topological polar surface area (TPSA) is 32.8 Å². The smallest absolute Gasteiger partial charge is 0.225 e. The van der Waals surface area contributed by atoms with Crippen molar-refractivity contribution in [1.82, 2.24) is 9.80 Å². The second-order valence-electron chi connectivity index (χ2n) is 6.19. The van der Waals surface area contributed by atoms with Crippen molar-refractivity contribution in [2.45, 2.75) is 25.8 Å². The molecule has 0 bridgehead atoms. The summed E-state index contributed by atoms with van der Waals surface area (Å²) >= 11 is 6.09. The van der Waals surface area contributed by atoms with Gasteiger partial charge in [0.2, 0.25) is 5.91 Å². The first-order chi connectivity index (χ1) is 10.7. The van der Waals surface area contributed by atoms with Gasteiger partial charge in [-0.05, 0) is 31.0 Å².